The summed E-state index contributed by atoms with van der Waals surface area (Å²) < 4.78 is 5.13. The number of esters is 1. The lowest BCUT2D eigenvalue weighted by atomic mass is 10.1. The molecule has 1 heterocycles. The predicted molar refractivity (Wildman–Crippen MR) is 95.9 cm³/mol. The molecular weight excluding hydrogens is 346 g/mol. The maximum absolute atomic E-state index is 12.1. The van der Waals surface area contributed by atoms with Gasteiger partial charge in [0.05, 0.1) is 0 Å². The Morgan fingerprint density at radius 2 is 1.88 bits per heavy atom. The van der Waals surface area contributed by atoms with Crippen LogP contribution in [0.3, 0.4) is 0 Å². The van der Waals surface area contributed by atoms with Crippen LogP contribution in [0, 0.1) is 0 Å². The second kappa shape index (κ2) is 7.81. The van der Waals surface area contributed by atoms with Crippen LogP contribution in [0.5, 0.6) is 0 Å². The van der Waals surface area contributed by atoms with Crippen molar-refractivity contribution in [3.05, 3.63) is 50.7 Å². The molecule has 1 aromatic carbocycles. The van der Waals surface area contributed by atoms with Gasteiger partial charge in [-0.3, -0.25) is 4.79 Å². The average Bonchev–Trinajstić information content (AvgIpc) is 2.86. The van der Waals surface area contributed by atoms with Gasteiger partial charge in [0.25, 0.3) is 5.91 Å². The second-order valence-corrected chi connectivity index (χ2v) is 7.32. The van der Waals surface area contributed by atoms with E-state index in [4.69, 9.17) is 16.3 Å². The summed E-state index contributed by atoms with van der Waals surface area (Å²) >= 11 is 7.28. The Bertz CT molecular complexity index is 716. The molecule has 0 aliphatic heterocycles. The third-order valence-electron chi connectivity index (χ3n) is 3.91. The molecule has 24 heavy (non-hydrogen) atoms. The second-order valence-electron chi connectivity index (χ2n) is 5.75. The monoisotopic (exact) mass is 363 g/mol. The van der Waals surface area contributed by atoms with Gasteiger partial charge >= 0.3 is 5.97 Å². The van der Waals surface area contributed by atoms with Crippen LogP contribution in [-0.2, 0) is 22.4 Å². The molecule has 0 unspecified atom stereocenters. The summed E-state index contributed by atoms with van der Waals surface area (Å²) in [5, 5.41) is 3.26. The number of rotatable bonds is 4. The summed E-state index contributed by atoms with van der Waals surface area (Å²) in [7, 11) is 0. The van der Waals surface area contributed by atoms with Gasteiger partial charge < -0.3 is 10.1 Å². The van der Waals surface area contributed by atoms with E-state index >= 15 is 0 Å². The fraction of sp³-hybridized carbons (Fsp3) is 0.333. The van der Waals surface area contributed by atoms with Gasteiger partial charge in [-0.25, -0.2) is 4.79 Å². The highest BCUT2D eigenvalue weighted by Crippen LogP contribution is 2.29. The molecule has 0 bridgehead atoms. The average molecular weight is 364 g/mol. The minimum Gasteiger partial charge on any atom is -0.451 e. The zero-order valence-corrected chi connectivity index (χ0v) is 14.7. The first kappa shape index (κ1) is 17.0. The number of thiophene rings is 1. The molecule has 6 heteroatoms. The van der Waals surface area contributed by atoms with Gasteiger partial charge in [-0.15, -0.1) is 11.3 Å². The van der Waals surface area contributed by atoms with E-state index in [-0.39, 0.29) is 12.5 Å². The molecule has 0 saturated carbocycles. The quantitative estimate of drug-likeness (QED) is 0.644. The van der Waals surface area contributed by atoms with E-state index in [0.717, 1.165) is 12.8 Å². The summed E-state index contributed by atoms with van der Waals surface area (Å²) in [6.45, 7) is -0.302. The number of nitrogens with one attached hydrogen (secondary N) is 1. The van der Waals surface area contributed by atoms with Crippen LogP contribution in [0.2, 0.25) is 5.02 Å². The molecule has 1 aliphatic rings. The van der Waals surface area contributed by atoms with Crippen molar-refractivity contribution in [3.63, 3.8) is 0 Å². The number of amides is 1. The number of halogens is 1. The molecule has 1 aliphatic carbocycles. The van der Waals surface area contributed by atoms with Crippen molar-refractivity contribution in [2.75, 3.05) is 11.9 Å². The minimum absolute atomic E-state index is 0.302. The first-order valence-corrected chi connectivity index (χ1v) is 9.15. The van der Waals surface area contributed by atoms with E-state index in [1.165, 1.54) is 41.0 Å². The molecular formula is C18H18ClNO3S. The van der Waals surface area contributed by atoms with Crippen molar-refractivity contribution in [2.24, 2.45) is 0 Å². The minimum atomic E-state index is -0.431. The molecule has 1 aromatic heterocycles. The van der Waals surface area contributed by atoms with Crippen LogP contribution in [0.25, 0.3) is 0 Å². The van der Waals surface area contributed by atoms with Gasteiger partial charge in [-0.2, -0.15) is 0 Å². The number of aryl methyl sites for hydroxylation is 2. The number of carbonyl (C=O) groups is 2. The van der Waals surface area contributed by atoms with E-state index in [2.05, 4.69) is 5.32 Å². The molecule has 0 spiro atoms. The summed E-state index contributed by atoms with van der Waals surface area (Å²) in [5.74, 6) is -0.803. The molecule has 4 nitrogen and oxygen atoms in total. The number of anilines is 1. The Morgan fingerprint density at radius 3 is 2.67 bits per heavy atom. The molecule has 1 amide bonds. The van der Waals surface area contributed by atoms with Gasteiger partial charge in [0, 0.05) is 15.6 Å². The number of hydrogen-bond donors (Lipinski definition) is 1. The molecule has 0 radical (unpaired) electrons. The first-order chi connectivity index (χ1) is 11.6. The highest BCUT2D eigenvalue weighted by molar-refractivity contribution is 7.14. The predicted octanol–water partition coefficient (Wildman–Crippen LogP) is 4.47. The third kappa shape index (κ3) is 4.36. The summed E-state index contributed by atoms with van der Waals surface area (Å²) in [5.41, 5.74) is 1.87. The van der Waals surface area contributed by atoms with E-state index in [1.807, 2.05) is 6.07 Å². The van der Waals surface area contributed by atoms with Gasteiger partial charge in [-0.1, -0.05) is 18.0 Å². The molecule has 0 fully saturated rings. The lowest BCUT2D eigenvalue weighted by molar-refractivity contribution is -0.119. The Morgan fingerprint density at radius 1 is 1.12 bits per heavy atom. The van der Waals surface area contributed by atoms with Crippen molar-refractivity contribution >= 4 is 40.5 Å². The molecule has 0 atom stereocenters. The number of carbonyl (C=O) groups excluding carboxylic acids is 2. The maximum Gasteiger partial charge on any atom is 0.348 e. The summed E-state index contributed by atoms with van der Waals surface area (Å²) in [6, 6.07) is 8.67. The van der Waals surface area contributed by atoms with E-state index < -0.39 is 5.97 Å². The fourth-order valence-corrected chi connectivity index (χ4v) is 3.97. The topological polar surface area (TPSA) is 55.4 Å². The van der Waals surface area contributed by atoms with Gasteiger partial charge in [0.2, 0.25) is 0 Å². The zero-order chi connectivity index (χ0) is 16.9. The van der Waals surface area contributed by atoms with Gasteiger partial charge in [0.15, 0.2) is 6.61 Å². The largest absolute Gasteiger partial charge is 0.451 e. The maximum atomic E-state index is 12.1. The van der Waals surface area contributed by atoms with Crippen molar-refractivity contribution in [3.8, 4) is 0 Å². The normalized spacial score (nSPS) is 13.7. The first-order valence-electron chi connectivity index (χ1n) is 7.96. The molecule has 3 rings (SSSR count). The van der Waals surface area contributed by atoms with Crippen LogP contribution in [-0.4, -0.2) is 18.5 Å². The van der Waals surface area contributed by atoms with E-state index in [1.54, 1.807) is 24.3 Å². The van der Waals surface area contributed by atoms with Crippen LogP contribution < -0.4 is 5.32 Å². The Hall–Kier alpha value is -1.85. The van der Waals surface area contributed by atoms with E-state index in [0.29, 0.717) is 15.6 Å². The zero-order valence-electron chi connectivity index (χ0n) is 13.1. The number of benzene rings is 1. The van der Waals surface area contributed by atoms with Gasteiger partial charge in [0.1, 0.15) is 4.88 Å². The standard InChI is InChI=1S/C18H18ClNO3S/c19-13-6-8-14(9-7-13)20-17(21)11-23-18(22)16-10-12-4-2-1-3-5-15(12)24-16/h6-10H,1-5,11H2,(H,20,21). The SMILES string of the molecule is O=C(COC(=O)c1cc2c(s1)CCCCC2)Nc1ccc(Cl)cc1. The van der Waals surface area contributed by atoms with Crippen LogP contribution in [0.1, 0.15) is 39.4 Å². The fourth-order valence-electron chi connectivity index (χ4n) is 2.70. The van der Waals surface area contributed by atoms with Crippen molar-refractivity contribution in [1.82, 2.24) is 0 Å². The Kier molecular flexibility index (Phi) is 5.53. The Labute approximate surface area is 149 Å². The summed E-state index contributed by atoms with van der Waals surface area (Å²) in [4.78, 5) is 25.9. The third-order valence-corrected chi connectivity index (χ3v) is 5.38. The lowest BCUT2D eigenvalue weighted by Crippen LogP contribution is -2.20. The van der Waals surface area contributed by atoms with Gasteiger partial charge in [-0.05, 0) is 61.6 Å². The van der Waals surface area contributed by atoms with Crippen LogP contribution in [0.4, 0.5) is 5.69 Å². The smallest absolute Gasteiger partial charge is 0.348 e. The molecule has 0 saturated heterocycles. The number of ether oxygens (including phenoxy) is 1. The van der Waals surface area contributed by atoms with Crippen molar-refractivity contribution in [1.29, 1.82) is 0 Å². The number of hydrogen-bond acceptors (Lipinski definition) is 4. The highest BCUT2D eigenvalue weighted by Gasteiger charge is 2.18. The molecule has 1 N–H and O–H groups in total. The van der Waals surface area contributed by atoms with Crippen molar-refractivity contribution < 1.29 is 14.3 Å². The van der Waals surface area contributed by atoms with Crippen LogP contribution in [0.15, 0.2) is 30.3 Å². The Balaban J connectivity index is 1.53. The lowest BCUT2D eigenvalue weighted by Gasteiger charge is -2.06. The van der Waals surface area contributed by atoms with E-state index in [9.17, 15) is 9.59 Å². The molecule has 126 valence electrons. The number of fused-ring (bicyclic) bond motifs is 1. The molecule has 2 aromatic rings. The van der Waals surface area contributed by atoms with Crippen LogP contribution >= 0.6 is 22.9 Å². The van der Waals surface area contributed by atoms with Crippen molar-refractivity contribution in [2.45, 2.75) is 32.1 Å². The highest BCUT2D eigenvalue weighted by atomic mass is 35.5. The summed E-state index contributed by atoms with van der Waals surface area (Å²) in [6.07, 6.45) is 5.64.